The third kappa shape index (κ3) is 13.0. The molecular formula is C25H46O5. The van der Waals surface area contributed by atoms with Crippen LogP contribution in [0.2, 0.25) is 0 Å². The average Bonchev–Trinajstić information content (AvgIpc) is 2.66. The molecule has 0 spiro atoms. The number of unbranched alkanes of at least 4 members (excludes halogenated alkanes) is 6. The average molecular weight is 427 g/mol. The van der Waals surface area contributed by atoms with Crippen LogP contribution in [0.5, 0.6) is 0 Å². The van der Waals surface area contributed by atoms with E-state index < -0.39 is 16.8 Å². The van der Waals surface area contributed by atoms with Gasteiger partial charge in [-0.2, -0.15) is 0 Å². The number of rotatable bonds is 18. The number of hydrogen-bond donors (Lipinski definition) is 1. The van der Waals surface area contributed by atoms with Crippen LogP contribution in [0.4, 0.5) is 0 Å². The van der Waals surface area contributed by atoms with E-state index >= 15 is 0 Å². The maximum absolute atomic E-state index is 12.2. The normalized spacial score (nSPS) is 13.1. The molecule has 0 saturated heterocycles. The highest BCUT2D eigenvalue weighted by Crippen LogP contribution is 2.27. The number of ether oxygens (including phenoxy) is 1. The summed E-state index contributed by atoms with van der Waals surface area (Å²) in [5.41, 5.74) is -1.10. The molecule has 30 heavy (non-hydrogen) atoms. The molecule has 5 nitrogen and oxygen atoms in total. The summed E-state index contributed by atoms with van der Waals surface area (Å²) in [6, 6.07) is 0. The molecule has 0 heterocycles. The lowest BCUT2D eigenvalue weighted by atomic mass is 9.86. The molecule has 0 aromatic rings. The molecular weight excluding hydrogens is 380 g/mol. The molecule has 1 unspecified atom stereocenters. The fourth-order valence-corrected chi connectivity index (χ4v) is 3.24. The smallest absolute Gasteiger partial charge is 0.311 e. The van der Waals surface area contributed by atoms with E-state index in [-0.39, 0.29) is 12.1 Å². The molecule has 0 aromatic carbocycles. The third-order valence-corrected chi connectivity index (χ3v) is 6.03. The van der Waals surface area contributed by atoms with E-state index in [2.05, 4.69) is 0 Å². The summed E-state index contributed by atoms with van der Waals surface area (Å²) in [5.74, 6) is -0.524. The van der Waals surface area contributed by atoms with Crippen molar-refractivity contribution in [3.63, 3.8) is 0 Å². The van der Waals surface area contributed by atoms with Gasteiger partial charge in [0.05, 0.1) is 16.9 Å². The Balaban J connectivity index is 3.72. The van der Waals surface area contributed by atoms with Gasteiger partial charge < -0.3 is 9.84 Å². The molecule has 1 N–H and O–H groups in total. The van der Waals surface area contributed by atoms with E-state index in [1.807, 2.05) is 27.7 Å². The number of carbonyl (C=O) groups excluding carboxylic acids is 2. The Labute approximate surface area is 184 Å². The zero-order chi connectivity index (χ0) is 23.2. The monoisotopic (exact) mass is 426 g/mol. The Bertz CT molecular complexity index is 522. The molecule has 0 bridgehead atoms. The molecule has 0 aromatic heterocycles. The van der Waals surface area contributed by atoms with Crippen molar-refractivity contribution >= 4 is 17.7 Å². The maximum Gasteiger partial charge on any atom is 0.311 e. The van der Waals surface area contributed by atoms with E-state index in [9.17, 15) is 14.4 Å². The van der Waals surface area contributed by atoms with Crippen LogP contribution in [-0.4, -0.2) is 28.9 Å². The molecule has 0 fully saturated rings. The van der Waals surface area contributed by atoms with E-state index in [0.717, 1.165) is 64.2 Å². The molecule has 5 heteroatoms. The van der Waals surface area contributed by atoms with Crippen LogP contribution in [0, 0.1) is 10.8 Å². The van der Waals surface area contributed by atoms with Gasteiger partial charge in [-0.25, -0.2) is 0 Å². The van der Waals surface area contributed by atoms with Crippen molar-refractivity contribution in [3.8, 4) is 0 Å². The minimum atomic E-state index is -0.743. The molecule has 0 aliphatic rings. The molecule has 0 amide bonds. The lowest BCUT2D eigenvalue weighted by Gasteiger charge is -2.24. The quantitative estimate of drug-likeness (QED) is 0.194. The molecule has 1 atom stereocenters. The molecule has 0 radical (unpaired) electrons. The number of esters is 1. The van der Waals surface area contributed by atoms with Crippen molar-refractivity contribution in [3.05, 3.63) is 0 Å². The number of carboxylic acid groups (broad SMARTS) is 1. The van der Waals surface area contributed by atoms with E-state index in [1.54, 1.807) is 13.8 Å². The van der Waals surface area contributed by atoms with Gasteiger partial charge in [-0.05, 0) is 66.7 Å². The first-order chi connectivity index (χ1) is 13.9. The number of ketones is 1. The van der Waals surface area contributed by atoms with Crippen LogP contribution in [-0.2, 0) is 19.1 Å². The summed E-state index contributed by atoms with van der Waals surface area (Å²) < 4.78 is 5.45. The van der Waals surface area contributed by atoms with Gasteiger partial charge in [-0.1, -0.05) is 45.4 Å². The van der Waals surface area contributed by atoms with E-state index in [1.165, 1.54) is 0 Å². The zero-order valence-electron chi connectivity index (χ0n) is 20.3. The summed E-state index contributed by atoms with van der Waals surface area (Å²) in [6.45, 7) is 11.4. The van der Waals surface area contributed by atoms with Crippen molar-refractivity contribution in [2.24, 2.45) is 10.8 Å². The van der Waals surface area contributed by atoms with Gasteiger partial charge in [-0.3, -0.25) is 14.4 Å². The number of carboxylic acids is 1. The molecule has 0 saturated carbocycles. The topological polar surface area (TPSA) is 80.7 Å². The highest BCUT2D eigenvalue weighted by atomic mass is 16.5. The van der Waals surface area contributed by atoms with E-state index in [4.69, 9.17) is 9.84 Å². The predicted octanol–water partition coefficient (Wildman–Crippen LogP) is 6.72. The summed E-state index contributed by atoms with van der Waals surface area (Å²) in [7, 11) is 0. The molecule has 0 aliphatic carbocycles. The van der Waals surface area contributed by atoms with Crippen LogP contribution in [0.15, 0.2) is 0 Å². The summed E-state index contributed by atoms with van der Waals surface area (Å²) in [6.07, 6.45) is 11.3. The Kier molecular flexibility index (Phi) is 13.9. The van der Waals surface area contributed by atoms with Crippen LogP contribution in [0.3, 0.4) is 0 Å². The van der Waals surface area contributed by atoms with Gasteiger partial charge in [0.1, 0.15) is 5.78 Å². The SMILES string of the molecule is CCC(C)OC(=O)C(C)(C)CCCCCCC(=O)CCCCCCC(C)(C)C(=O)O. The lowest BCUT2D eigenvalue weighted by Crippen LogP contribution is -2.29. The van der Waals surface area contributed by atoms with Gasteiger partial charge in [0.2, 0.25) is 0 Å². The molecule has 0 aliphatic heterocycles. The second-order valence-electron chi connectivity index (χ2n) is 10.1. The summed E-state index contributed by atoms with van der Waals surface area (Å²) in [5, 5.41) is 9.09. The second kappa shape index (κ2) is 14.6. The summed E-state index contributed by atoms with van der Waals surface area (Å²) in [4.78, 5) is 35.3. The fraction of sp³-hybridized carbons (Fsp3) is 0.880. The van der Waals surface area contributed by atoms with Crippen molar-refractivity contribution in [2.45, 2.75) is 131 Å². The molecule has 0 rings (SSSR count). The summed E-state index contributed by atoms with van der Waals surface area (Å²) >= 11 is 0. The first kappa shape index (κ1) is 28.6. The maximum atomic E-state index is 12.2. The van der Waals surface area contributed by atoms with Crippen molar-refractivity contribution in [1.82, 2.24) is 0 Å². The largest absolute Gasteiger partial charge is 0.481 e. The number of Topliss-reactive ketones (excluding diaryl/α,β-unsaturated/α-hetero) is 1. The van der Waals surface area contributed by atoms with Crippen LogP contribution >= 0.6 is 0 Å². The first-order valence-electron chi connectivity index (χ1n) is 11.9. The van der Waals surface area contributed by atoms with Gasteiger partial charge in [0.15, 0.2) is 0 Å². The lowest BCUT2D eigenvalue weighted by molar-refractivity contribution is -0.159. The van der Waals surface area contributed by atoms with Gasteiger partial charge >= 0.3 is 11.9 Å². The Hall–Kier alpha value is -1.39. The minimum absolute atomic E-state index is 0.0284. The molecule has 176 valence electrons. The first-order valence-corrected chi connectivity index (χ1v) is 11.9. The van der Waals surface area contributed by atoms with E-state index in [0.29, 0.717) is 25.0 Å². The fourth-order valence-electron chi connectivity index (χ4n) is 3.24. The van der Waals surface area contributed by atoms with Crippen LogP contribution < -0.4 is 0 Å². The van der Waals surface area contributed by atoms with Crippen molar-refractivity contribution < 1.29 is 24.2 Å². The third-order valence-electron chi connectivity index (χ3n) is 6.03. The predicted molar refractivity (Wildman–Crippen MR) is 121 cm³/mol. The van der Waals surface area contributed by atoms with Crippen LogP contribution in [0.25, 0.3) is 0 Å². The Morgan fingerprint density at radius 2 is 1.20 bits per heavy atom. The zero-order valence-corrected chi connectivity index (χ0v) is 20.3. The van der Waals surface area contributed by atoms with Crippen molar-refractivity contribution in [2.75, 3.05) is 0 Å². The number of aliphatic carboxylic acids is 1. The Morgan fingerprint density at radius 3 is 1.63 bits per heavy atom. The number of hydrogen-bond acceptors (Lipinski definition) is 4. The van der Waals surface area contributed by atoms with Gasteiger partial charge in [0.25, 0.3) is 0 Å². The highest BCUT2D eigenvalue weighted by Gasteiger charge is 2.29. The van der Waals surface area contributed by atoms with Gasteiger partial charge in [-0.15, -0.1) is 0 Å². The van der Waals surface area contributed by atoms with Gasteiger partial charge in [0, 0.05) is 12.8 Å². The van der Waals surface area contributed by atoms with Crippen LogP contribution in [0.1, 0.15) is 125 Å². The number of carbonyl (C=O) groups is 3. The Morgan fingerprint density at radius 1 is 0.767 bits per heavy atom. The highest BCUT2D eigenvalue weighted by molar-refractivity contribution is 5.78. The van der Waals surface area contributed by atoms with Crippen molar-refractivity contribution in [1.29, 1.82) is 0 Å². The second-order valence-corrected chi connectivity index (χ2v) is 10.1. The minimum Gasteiger partial charge on any atom is -0.481 e. The standard InChI is InChI=1S/C25H46O5/c1-7-20(2)30-23(29)25(5,6)19-15-11-9-13-17-21(26)16-12-8-10-14-18-24(3,4)22(27)28/h20H,7-19H2,1-6H3,(H,27,28).